The maximum absolute atomic E-state index is 13.5. The van der Waals surface area contributed by atoms with E-state index in [1.165, 1.54) is 19.4 Å². The molecule has 0 aliphatic rings. The molecule has 0 aliphatic heterocycles. The third-order valence-electron chi connectivity index (χ3n) is 2.58. The average molecular weight is 263 g/mol. The normalized spacial score (nSPS) is 10.3. The van der Waals surface area contributed by atoms with Crippen LogP contribution in [0.5, 0.6) is 11.5 Å². The minimum Gasteiger partial charge on any atom is -0.494 e. The Morgan fingerprint density at radius 3 is 2.68 bits per heavy atom. The van der Waals surface area contributed by atoms with Crippen LogP contribution in [0, 0.1) is 5.82 Å². The molecular formula is C14H14FNO3. The van der Waals surface area contributed by atoms with Gasteiger partial charge in [0, 0.05) is 0 Å². The van der Waals surface area contributed by atoms with Crippen molar-refractivity contribution in [3.8, 4) is 11.5 Å². The molecule has 1 aromatic carbocycles. The highest BCUT2D eigenvalue weighted by Crippen LogP contribution is 2.19. The SMILES string of the molecule is COc1ccc(COc2ccc(CO)nc2)cc1F. The first kappa shape index (κ1) is 13.3. The van der Waals surface area contributed by atoms with Gasteiger partial charge in [-0.25, -0.2) is 4.39 Å². The van der Waals surface area contributed by atoms with Crippen LogP contribution in [-0.4, -0.2) is 17.2 Å². The lowest BCUT2D eigenvalue weighted by molar-refractivity contribution is 0.275. The maximum atomic E-state index is 13.5. The molecule has 2 rings (SSSR count). The quantitative estimate of drug-likeness (QED) is 0.899. The van der Waals surface area contributed by atoms with Crippen molar-refractivity contribution in [2.45, 2.75) is 13.2 Å². The van der Waals surface area contributed by atoms with Gasteiger partial charge in [0.05, 0.1) is 25.6 Å². The summed E-state index contributed by atoms with van der Waals surface area (Å²) in [7, 11) is 1.42. The molecule has 1 heterocycles. The van der Waals surface area contributed by atoms with Crippen LogP contribution < -0.4 is 9.47 Å². The first-order valence-corrected chi connectivity index (χ1v) is 5.74. The highest BCUT2D eigenvalue weighted by atomic mass is 19.1. The summed E-state index contributed by atoms with van der Waals surface area (Å²) >= 11 is 0. The van der Waals surface area contributed by atoms with Gasteiger partial charge in [0.2, 0.25) is 0 Å². The molecule has 0 fully saturated rings. The van der Waals surface area contributed by atoms with Crippen molar-refractivity contribution in [2.75, 3.05) is 7.11 Å². The standard InChI is InChI=1S/C14H14FNO3/c1-18-14-5-2-10(6-13(14)15)9-19-12-4-3-11(8-17)16-7-12/h2-7,17H,8-9H2,1H3. The highest BCUT2D eigenvalue weighted by Gasteiger charge is 2.04. The molecular weight excluding hydrogens is 249 g/mol. The molecule has 19 heavy (non-hydrogen) atoms. The van der Waals surface area contributed by atoms with Gasteiger partial charge in [-0.3, -0.25) is 4.98 Å². The van der Waals surface area contributed by atoms with Crippen molar-refractivity contribution < 1.29 is 19.0 Å². The zero-order valence-electron chi connectivity index (χ0n) is 10.5. The molecule has 0 bridgehead atoms. The summed E-state index contributed by atoms with van der Waals surface area (Å²) in [5, 5.41) is 8.86. The second-order valence-electron chi connectivity index (χ2n) is 3.90. The Bertz CT molecular complexity index is 543. The number of aliphatic hydroxyl groups excluding tert-OH is 1. The lowest BCUT2D eigenvalue weighted by Crippen LogP contribution is -1.98. The molecule has 0 aliphatic carbocycles. The molecule has 5 heteroatoms. The topological polar surface area (TPSA) is 51.6 Å². The van der Waals surface area contributed by atoms with Crippen LogP contribution in [-0.2, 0) is 13.2 Å². The van der Waals surface area contributed by atoms with Crippen molar-refractivity contribution >= 4 is 0 Å². The summed E-state index contributed by atoms with van der Waals surface area (Å²) in [6.45, 7) is 0.130. The second kappa shape index (κ2) is 6.15. The van der Waals surface area contributed by atoms with E-state index >= 15 is 0 Å². The summed E-state index contributed by atoms with van der Waals surface area (Å²) in [6, 6.07) is 8.04. The smallest absolute Gasteiger partial charge is 0.165 e. The maximum Gasteiger partial charge on any atom is 0.165 e. The predicted octanol–water partition coefficient (Wildman–Crippen LogP) is 2.30. The molecule has 2 aromatic rings. The zero-order valence-corrected chi connectivity index (χ0v) is 10.5. The van der Waals surface area contributed by atoms with E-state index in [0.717, 1.165) is 0 Å². The third-order valence-corrected chi connectivity index (χ3v) is 2.58. The number of halogens is 1. The van der Waals surface area contributed by atoms with Crippen molar-refractivity contribution in [1.82, 2.24) is 4.98 Å². The zero-order chi connectivity index (χ0) is 13.7. The van der Waals surface area contributed by atoms with E-state index in [2.05, 4.69) is 4.98 Å². The number of methoxy groups -OCH3 is 1. The molecule has 0 unspecified atom stereocenters. The van der Waals surface area contributed by atoms with Crippen LogP contribution in [0.4, 0.5) is 4.39 Å². The fourth-order valence-corrected chi connectivity index (χ4v) is 1.56. The monoisotopic (exact) mass is 263 g/mol. The van der Waals surface area contributed by atoms with E-state index in [-0.39, 0.29) is 19.0 Å². The molecule has 0 radical (unpaired) electrons. The number of pyridine rings is 1. The molecule has 0 saturated carbocycles. The third kappa shape index (κ3) is 3.42. The van der Waals surface area contributed by atoms with Gasteiger partial charge in [-0.1, -0.05) is 6.07 Å². The minimum atomic E-state index is -0.419. The molecule has 1 aromatic heterocycles. The predicted molar refractivity (Wildman–Crippen MR) is 67.4 cm³/mol. The number of aromatic nitrogens is 1. The van der Waals surface area contributed by atoms with E-state index in [1.807, 2.05) is 0 Å². The van der Waals surface area contributed by atoms with Crippen molar-refractivity contribution in [2.24, 2.45) is 0 Å². The van der Waals surface area contributed by atoms with Crippen LogP contribution in [0.15, 0.2) is 36.5 Å². The Labute approximate surface area is 110 Å². The van der Waals surface area contributed by atoms with Crippen LogP contribution in [0.1, 0.15) is 11.3 Å². The van der Waals surface area contributed by atoms with Gasteiger partial charge in [-0.2, -0.15) is 0 Å². The largest absolute Gasteiger partial charge is 0.494 e. The van der Waals surface area contributed by atoms with Crippen molar-refractivity contribution in [3.05, 3.63) is 53.6 Å². The lowest BCUT2D eigenvalue weighted by Gasteiger charge is -2.08. The Morgan fingerprint density at radius 2 is 2.11 bits per heavy atom. The van der Waals surface area contributed by atoms with Gasteiger partial charge >= 0.3 is 0 Å². The summed E-state index contributed by atoms with van der Waals surface area (Å²) in [5.74, 6) is 0.350. The number of ether oxygens (including phenoxy) is 2. The number of aliphatic hydroxyl groups is 1. The summed E-state index contributed by atoms with van der Waals surface area (Å²) in [6.07, 6.45) is 1.52. The van der Waals surface area contributed by atoms with Crippen LogP contribution in [0.2, 0.25) is 0 Å². The summed E-state index contributed by atoms with van der Waals surface area (Å²) < 4.78 is 23.8. The Kier molecular flexibility index (Phi) is 4.30. The van der Waals surface area contributed by atoms with Gasteiger partial charge in [0.15, 0.2) is 11.6 Å². The molecule has 1 N–H and O–H groups in total. The van der Waals surface area contributed by atoms with Crippen LogP contribution >= 0.6 is 0 Å². The summed E-state index contributed by atoms with van der Waals surface area (Å²) in [4.78, 5) is 3.99. The number of hydrogen-bond donors (Lipinski definition) is 1. The van der Waals surface area contributed by atoms with Gasteiger partial charge in [0.25, 0.3) is 0 Å². The first-order chi connectivity index (χ1) is 9.22. The van der Waals surface area contributed by atoms with Gasteiger partial charge in [0.1, 0.15) is 12.4 Å². The molecule has 0 spiro atoms. The van der Waals surface area contributed by atoms with Crippen molar-refractivity contribution in [1.29, 1.82) is 0 Å². The molecule has 4 nitrogen and oxygen atoms in total. The van der Waals surface area contributed by atoms with E-state index < -0.39 is 5.82 Å². The lowest BCUT2D eigenvalue weighted by atomic mass is 10.2. The van der Waals surface area contributed by atoms with E-state index in [9.17, 15) is 4.39 Å². The number of nitrogens with zero attached hydrogens (tertiary/aromatic N) is 1. The molecule has 0 atom stereocenters. The number of hydrogen-bond acceptors (Lipinski definition) is 4. The first-order valence-electron chi connectivity index (χ1n) is 5.74. The molecule has 100 valence electrons. The number of benzene rings is 1. The van der Waals surface area contributed by atoms with Crippen LogP contribution in [0.25, 0.3) is 0 Å². The van der Waals surface area contributed by atoms with Crippen LogP contribution in [0.3, 0.4) is 0 Å². The van der Waals surface area contributed by atoms with Crippen molar-refractivity contribution in [3.63, 3.8) is 0 Å². The fraction of sp³-hybridized carbons (Fsp3) is 0.214. The second-order valence-corrected chi connectivity index (χ2v) is 3.90. The highest BCUT2D eigenvalue weighted by molar-refractivity contribution is 5.29. The average Bonchev–Trinajstić information content (AvgIpc) is 2.46. The Balaban J connectivity index is 1.99. The Morgan fingerprint density at radius 1 is 1.26 bits per heavy atom. The van der Waals surface area contributed by atoms with Gasteiger partial charge < -0.3 is 14.6 Å². The van der Waals surface area contributed by atoms with Gasteiger partial charge in [-0.05, 0) is 29.8 Å². The molecule has 0 saturated heterocycles. The Hall–Kier alpha value is -2.14. The number of rotatable bonds is 5. The van der Waals surface area contributed by atoms with Gasteiger partial charge in [-0.15, -0.1) is 0 Å². The fourth-order valence-electron chi connectivity index (χ4n) is 1.56. The molecule has 0 amide bonds. The van der Waals surface area contributed by atoms with E-state index in [4.69, 9.17) is 14.6 Å². The summed E-state index contributed by atoms with van der Waals surface area (Å²) in [5.41, 5.74) is 1.27. The van der Waals surface area contributed by atoms with E-state index in [1.54, 1.807) is 24.3 Å². The van der Waals surface area contributed by atoms with E-state index in [0.29, 0.717) is 17.0 Å². The minimum absolute atomic E-state index is 0.107.